The molecule has 53 heavy (non-hydrogen) atoms. The van der Waals surface area contributed by atoms with E-state index in [9.17, 15) is 4.57 Å². The van der Waals surface area contributed by atoms with Gasteiger partial charge in [-0.1, -0.05) is 253 Å². The highest BCUT2D eigenvalue weighted by Crippen LogP contribution is 2.57. The minimum absolute atomic E-state index is 0.381. The van der Waals surface area contributed by atoms with E-state index in [1.165, 1.54) is 180 Å². The van der Waals surface area contributed by atoms with E-state index in [1.807, 2.05) is 0 Å². The maximum Gasteiger partial charge on any atom is 0.475 e. The lowest BCUT2D eigenvalue weighted by molar-refractivity contribution is -0.0524. The molecule has 0 aromatic rings. The van der Waals surface area contributed by atoms with Crippen molar-refractivity contribution >= 4 is 7.82 Å². The van der Waals surface area contributed by atoms with Gasteiger partial charge >= 0.3 is 7.82 Å². The van der Waals surface area contributed by atoms with Crippen molar-refractivity contribution in [3.63, 3.8) is 0 Å². The maximum atomic E-state index is 14.6. The summed E-state index contributed by atoms with van der Waals surface area (Å²) in [6, 6.07) is 0. The van der Waals surface area contributed by atoms with Gasteiger partial charge < -0.3 is 0 Å². The highest BCUT2D eigenvalue weighted by Gasteiger charge is 2.45. The molecule has 0 aromatic heterocycles. The predicted molar refractivity (Wildman–Crippen MR) is 236 cm³/mol. The zero-order valence-corrected chi connectivity index (χ0v) is 38.3. The highest BCUT2D eigenvalue weighted by molar-refractivity contribution is 7.48. The van der Waals surface area contributed by atoms with Crippen molar-refractivity contribution in [1.29, 1.82) is 0 Å². The van der Waals surface area contributed by atoms with E-state index in [2.05, 4.69) is 41.5 Å². The fourth-order valence-electron chi connectivity index (χ4n) is 8.19. The molecule has 4 nitrogen and oxygen atoms in total. The van der Waals surface area contributed by atoms with E-state index in [-0.39, 0.29) is 0 Å². The van der Waals surface area contributed by atoms with Crippen LogP contribution in [-0.4, -0.2) is 18.8 Å². The van der Waals surface area contributed by atoms with E-state index >= 15 is 0 Å². The minimum atomic E-state index is -3.69. The Bertz CT molecular complexity index is 720. The number of hydrogen-bond donors (Lipinski definition) is 0. The van der Waals surface area contributed by atoms with Gasteiger partial charge in [-0.2, -0.15) is 0 Å². The van der Waals surface area contributed by atoms with E-state index in [1.54, 1.807) is 0 Å². The molecular formula is C48H99O4P. The molecule has 0 rings (SSSR count). The Labute approximate surface area is 335 Å². The predicted octanol–water partition coefficient (Wildman–Crippen LogP) is 18.4. The fraction of sp³-hybridized carbons (Fsp3) is 1.00. The Kier molecular flexibility index (Phi) is 40.4. The fourth-order valence-corrected chi connectivity index (χ4v) is 9.86. The van der Waals surface area contributed by atoms with Crippen molar-refractivity contribution in [3.05, 3.63) is 0 Å². The topological polar surface area (TPSA) is 44.8 Å². The van der Waals surface area contributed by atoms with Crippen LogP contribution < -0.4 is 0 Å². The van der Waals surface area contributed by atoms with E-state index in [0.717, 1.165) is 64.2 Å². The van der Waals surface area contributed by atoms with Gasteiger partial charge in [-0.3, -0.25) is 13.6 Å². The Morgan fingerprint density at radius 3 is 0.962 bits per heavy atom. The van der Waals surface area contributed by atoms with Crippen LogP contribution in [-0.2, 0) is 18.1 Å². The van der Waals surface area contributed by atoms with Gasteiger partial charge in [-0.15, -0.1) is 0 Å². The zero-order valence-electron chi connectivity index (χ0n) is 37.4. The van der Waals surface area contributed by atoms with Crippen LogP contribution in [0.2, 0.25) is 0 Å². The van der Waals surface area contributed by atoms with Crippen LogP contribution in [0.25, 0.3) is 0 Å². The second-order valence-electron chi connectivity index (χ2n) is 16.9. The molecule has 0 aromatic carbocycles. The standard InChI is InChI=1S/C48H99O4P/c1-7-13-18-21-24-27-30-33-36-39-42-47(12-6)48(43-40-37-34-31-28-25-22-19-14-8-2,44-41-38-35-32-29-26-23-20-15-9-3)52-53(49,50-45-16-10-4)51-46-17-11-5/h47H,7-46H2,1-6H3. The lowest BCUT2D eigenvalue weighted by Crippen LogP contribution is -2.41. The molecule has 0 N–H and O–H groups in total. The third-order valence-corrected chi connectivity index (χ3v) is 13.4. The van der Waals surface area contributed by atoms with Gasteiger partial charge in [0.05, 0.1) is 18.8 Å². The second-order valence-corrected chi connectivity index (χ2v) is 18.5. The SMILES string of the molecule is CCCCCCCCCCCCC(CC)C(CCCCCCCCCCCC)(CCCCCCCCCCCC)OP(=O)(OCCCC)OCCCC. The lowest BCUT2D eigenvalue weighted by Gasteiger charge is -2.42. The van der Waals surface area contributed by atoms with Crippen molar-refractivity contribution in [2.45, 2.75) is 291 Å². The molecule has 0 aliphatic heterocycles. The van der Waals surface area contributed by atoms with Crippen LogP contribution in [0.1, 0.15) is 286 Å². The van der Waals surface area contributed by atoms with Crippen LogP contribution in [0.4, 0.5) is 0 Å². The number of phosphoric acid groups is 1. The Morgan fingerprint density at radius 2 is 0.660 bits per heavy atom. The lowest BCUT2D eigenvalue weighted by atomic mass is 9.75. The van der Waals surface area contributed by atoms with E-state index in [4.69, 9.17) is 13.6 Å². The van der Waals surface area contributed by atoms with Crippen molar-refractivity contribution < 1.29 is 18.1 Å². The van der Waals surface area contributed by atoms with Gasteiger partial charge in [-0.25, -0.2) is 4.57 Å². The van der Waals surface area contributed by atoms with E-state index in [0.29, 0.717) is 19.1 Å². The summed E-state index contributed by atoms with van der Waals surface area (Å²) in [5.41, 5.74) is -0.442. The van der Waals surface area contributed by atoms with Crippen molar-refractivity contribution in [2.24, 2.45) is 5.92 Å². The van der Waals surface area contributed by atoms with Crippen molar-refractivity contribution in [3.8, 4) is 0 Å². The zero-order chi connectivity index (χ0) is 39.0. The first-order chi connectivity index (χ1) is 26.0. The number of phosphoric ester groups is 1. The monoisotopic (exact) mass is 771 g/mol. The average Bonchev–Trinajstić information content (AvgIpc) is 3.15. The third kappa shape index (κ3) is 31.8. The van der Waals surface area contributed by atoms with Crippen LogP contribution in [0, 0.1) is 5.92 Å². The molecule has 1 atom stereocenters. The number of hydrogen-bond acceptors (Lipinski definition) is 4. The van der Waals surface area contributed by atoms with Crippen molar-refractivity contribution in [1.82, 2.24) is 0 Å². The summed E-state index contributed by atoms with van der Waals surface area (Å²) in [6.07, 6.45) is 48.1. The smallest absolute Gasteiger partial charge is 0.287 e. The first kappa shape index (κ1) is 53.1. The van der Waals surface area contributed by atoms with Gasteiger partial charge in [0.25, 0.3) is 0 Å². The molecular weight excluding hydrogens is 671 g/mol. The molecule has 0 saturated heterocycles. The first-order valence-corrected chi connectivity index (χ1v) is 26.0. The Balaban J connectivity index is 5.79. The normalized spacial score (nSPS) is 12.9. The highest BCUT2D eigenvalue weighted by atomic mass is 31.2. The molecule has 0 aliphatic rings. The molecule has 5 heteroatoms. The molecule has 0 radical (unpaired) electrons. The molecule has 0 fully saturated rings. The molecule has 320 valence electrons. The van der Waals surface area contributed by atoms with Gasteiger partial charge in [-0.05, 0) is 38.0 Å². The van der Waals surface area contributed by atoms with Gasteiger partial charge in [0.2, 0.25) is 0 Å². The summed E-state index contributed by atoms with van der Waals surface area (Å²) >= 11 is 0. The molecule has 0 heterocycles. The molecule has 0 aliphatic carbocycles. The first-order valence-electron chi connectivity index (χ1n) is 24.6. The van der Waals surface area contributed by atoms with Crippen LogP contribution in [0.15, 0.2) is 0 Å². The molecule has 0 amide bonds. The van der Waals surface area contributed by atoms with Crippen LogP contribution in [0.3, 0.4) is 0 Å². The third-order valence-electron chi connectivity index (χ3n) is 11.8. The molecule has 0 bridgehead atoms. The summed E-state index contributed by atoms with van der Waals surface area (Å²) < 4.78 is 34.1. The maximum absolute atomic E-state index is 14.6. The van der Waals surface area contributed by atoms with Gasteiger partial charge in [0.15, 0.2) is 0 Å². The largest absolute Gasteiger partial charge is 0.475 e. The van der Waals surface area contributed by atoms with Gasteiger partial charge in [0, 0.05) is 0 Å². The summed E-state index contributed by atoms with van der Waals surface area (Å²) in [7, 11) is -3.69. The van der Waals surface area contributed by atoms with Crippen LogP contribution in [0.5, 0.6) is 0 Å². The molecule has 0 spiro atoms. The quantitative estimate of drug-likeness (QED) is 0.0457. The van der Waals surface area contributed by atoms with Crippen molar-refractivity contribution in [2.75, 3.05) is 13.2 Å². The Morgan fingerprint density at radius 1 is 0.377 bits per heavy atom. The Hall–Kier alpha value is 0.110. The summed E-state index contributed by atoms with van der Waals surface area (Å²) in [4.78, 5) is 0. The summed E-state index contributed by atoms with van der Waals surface area (Å²) in [6.45, 7) is 14.5. The van der Waals surface area contributed by atoms with E-state index < -0.39 is 13.4 Å². The second kappa shape index (κ2) is 40.3. The summed E-state index contributed by atoms with van der Waals surface area (Å²) in [5.74, 6) is 0.381. The average molecular weight is 771 g/mol. The minimum Gasteiger partial charge on any atom is -0.287 e. The number of rotatable bonds is 45. The van der Waals surface area contributed by atoms with Crippen LogP contribution >= 0.6 is 7.82 Å². The van der Waals surface area contributed by atoms with Gasteiger partial charge in [0.1, 0.15) is 0 Å². The molecule has 1 unspecified atom stereocenters. The molecule has 0 saturated carbocycles. The summed E-state index contributed by atoms with van der Waals surface area (Å²) in [5, 5.41) is 0. The number of unbranched alkanes of at least 4 members (excludes halogenated alkanes) is 29.